The second-order valence-electron chi connectivity index (χ2n) is 4.01. The molecule has 0 fully saturated rings. The zero-order chi connectivity index (χ0) is 13.0. The Morgan fingerprint density at radius 3 is 2.39 bits per heavy atom. The Kier molecular flexibility index (Phi) is 3.74. The van der Waals surface area contributed by atoms with Gasteiger partial charge in [0.05, 0.1) is 11.9 Å². The summed E-state index contributed by atoms with van der Waals surface area (Å²) in [5.74, 6) is 0. The van der Waals surface area contributed by atoms with Gasteiger partial charge in [0, 0.05) is 18.3 Å². The normalized spacial score (nSPS) is 11.4. The first-order valence-corrected chi connectivity index (χ1v) is 7.39. The first kappa shape index (κ1) is 12.7. The summed E-state index contributed by atoms with van der Waals surface area (Å²) in [6.45, 7) is 0.307. The van der Waals surface area contributed by atoms with Crippen molar-refractivity contribution in [3.63, 3.8) is 0 Å². The van der Waals surface area contributed by atoms with Crippen LogP contribution in [-0.2, 0) is 16.6 Å². The van der Waals surface area contributed by atoms with Gasteiger partial charge in [0.25, 0.3) is 0 Å². The Labute approximate surface area is 107 Å². The Morgan fingerprint density at radius 1 is 1.11 bits per heavy atom. The SMILES string of the molecule is CS(=O)(=O)NCc1ccc(-c2ccccn2)cc1. The van der Waals surface area contributed by atoms with E-state index in [1.165, 1.54) is 0 Å². The highest BCUT2D eigenvalue weighted by Crippen LogP contribution is 2.16. The van der Waals surface area contributed by atoms with Crippen LogP contribution in [0.2, 0.25) is 0 Å². The average Bonchev–Trinajstić information content (AvgIpc) is 2.37. The Bertz CT molecular complexity index is 607. The summed E-state index contributed by atoms with van der Waals surface area (Å²) in [5.41, 5.74) is 2.83. The van der Waals surface area contributed by atoms with Gasteiger partial charge in [-0.3, -0.25) is 4.98 Å². The number of aromatic nitrogens is 1. The lowest BCUT2D eigenvalue weighted by Gasteiger charge is -2.04. The maximum atomic E-state index is 11.0. The lowest BCUT2D eigenvalue weighted by atomic mass is 10.1. The van der Waals surface area contributed by atoms with Gasteiger partial charge in [0.1, 0.15) is 0 Å². The van der Waals surface area contributed by atoms with Crippen LogP contribution < -0.4 is 4.72 Å². The van der Waals surface area contributed by atoms with Crippen LogP contribution in [0.4, 0.5) is 0 Å². The second kappa shape index (κ2) is 5.29. The average molecular weight is 262 g/mol. The van der Waals surface area contributed by atoms with E-state index < -0.39 is 10.0 Å². The fourth-order valence-electron chi connectivity index (χ4n) is 1.54. The third-order valence-electron chi connectivity index (χ3n) is 2.45. The fourth-order valence-corrected chi connectivity index (χ4v) is 1.97. The van der Waals surface area contributed by atoms with E-state index >= 15 is 0 Å². The van der Waals surface area contributed by atoms with Crippen LogP contribution in [0.3, 0.4) is 0 Å². The third-order valence-corrected chi connectivity index (χ3v) is 3.12. The molecule has 0 saturated carbocycles. The molecule has 0 spiro atoms. The highest BCUT2D eigenvalue weighted by Gasteiger charge is 2.02. The van der Waals surface area contributed by atoms with Crippen molar-refractivity contribution in [1.82, 2.24) is 9.71 Å². The van der Waals surface area contributed by atoms with Crippen LogP contribution in [0.5, 0.6) is 0 Å². The van der Waals surface area contributed by atoms with Crippen LogP contribution in [0.15, 0.2) is 48.7 Å². The number of sulfonamides is 1. The molecule has 0 amide bonds. The van der Waals surface area contributed by atoms with E-state index in [1.807, 2.05) is 42.5 Å². The Balaban J connectivity index is 2.11. The van der Waals surface area contributed by atoms with Gasteiger partial charge in [-0.15, -0.1) is 0 Å². The minimum atomic E-state index is -3.15. The van der Waals surface area contributed by atoms with Gasteiger partial charge in [-0.1, -0.05) is 30.3 Å². The molecule has 0 bridgehead atoms. The number of hydrogen-bond acceptors (Lipinski definition) is 3. The van der Waals surface area contributed by atoms with Crippen molar-refractivity contribution >= 4 is 10.0 Å². The predicted molar refractivity (Wildman–Crippen MR) is 71.4 cm³/mol. The lowest BCUT2D eigenvalue weighted by molar-refractivity contribution is 0.587. The zero-order valence-corrected chi connectivity index (χ0v) is 10.8. The molecule has 1 aromatic heterocycles. The molecule has 0 aliphatic heterocycles. The van der Waals surface area contributed by atoms with Crippen molar-refractivity contribution in [3.8, 4) is 11.3 Å². The van der Waals surface area contributed by atoms with E-state index in [1.54, 1.807) is 6.20 Å². The molecular formula is C13H14N2O2S. The lowest BCUT2D eigenvalue weighted by Crippen LogP contribution is -2.21. The maximum absolute atomic E-state index is 11.0. The van der Waals surface area contributed by atoms with Crippen molar-refractivity contribution < 1.29 is 8.42 Å². The summed E-state index contributed by atoms with van der Waals surface area (Å²) in [6, 6.07) is 13.4. The van der Waals surface area contributed by atoms with Crippen LogP contribution in [0, 0.1) is 0 Å². The molecule has 2 aromatic rings. The van der Waals surface area contributed by atoms with E-state index in [-0.39, 0.29) is 0 Å². The van der Waals surface area contributed by atoms with Crippen LogP contribution in [-0.4, -0.2) is 19.7 Å². The molecule has 5 heteroatoms. The summed E-state index contributed by atoms with van der Waals surface area (Å²) in [6.07, 6.45) is 2.89. The van der Waals surface area contributed by atoms with Crippen LogP contribution in [0.1, 0.15) is 5.56 Å². The van der Waals surface area contributed by atoms with E-state index in [2.05, 4.69) is 9.71 Å². The largest absolute Gasteiger partial charge is 0.256 e. The second-order valence-corrected chi connectivity index (χ2v) is 5.84. The summed E-state index contributed by atoms with van der Waals surface area (Å²) < 4.78 is 24.4. The number of nitrogens with zero attached hydrogens (tertiary/aromatic N) is 1. The van der Waals surface area contributed by atoms with E-state index in [0.29, 0.717) is 6.54 Å². The molecule has 4 nitrogen and oxygen atoms in total. The van der Waals surface area contributed by atoms with Crippen LogP contribution in [0.25, 0.3) is 11.3 Å². The summed E-state index contributed by atoms with van der Waals surface area (Å²) >= 11 is 0. The van der Waals surface area contributed by atoms with Crippen molar-refractivity contribution in [2.75, 3.05) is 6.26 Å². The molecule has 1 aromatic carbocycles. The topological polar surface area (TPSA) is 59.1 Å². The smallest absolute Gasteiger partial charge is 0.209 e. The van der Waals surface area contributed by atoms with Gasteiger partial charge in [0.2, 0.25) is 10.0 Å². The van der Waals surface area contributed by atoms with E-state index in [9.17, 15) is 8.42 Å². The number of rotatable bonds is 4. The molecule has 2 rings (SSSR count). The molecular weight excluding hydrogens is 248 g/mol. The van der Waals surface area contributed by atoms with Crippen molar-refractivity contribution in [2.45, 2.75) is 6.54 Å². The Hall–Kier alpha value is -1.72. The molecule has 0 unspecified atom stereocenters. The molecule has 18 heavy (non-hydrogen) atoms. The van der Waals surface area contributed by atoms with Crippen molar-refractivity contribution in [3.05, 3.63) is 54.2 Å². The van der Waals surface area contributed by atoms with E-state index in [0.717, 1.165) is 23.1 Å². The summed E-state index contributed by atoms with van der Waals surface area (Å²) in [5, 5.41) is 0. The summed E-state index contributed by atoms with van der Waals surface area (Å²) in [4.78, 5) is 4.25. The van der Waals surface area contributed by atoms with Gasteiger partial charge in [-0.25, -0.2) is 13.1 Å². The van der Waals surface area contributed by atoms with Gasteiger partial charge in [-0.05, 0) is 17.7 Å². The van der Waals surface area contributed by atoms with Gasteiger partial charge < -0.3 is 0 Å². The fraction of sp³-hybridized carbons (Fsp3) is 0.154. The number of hydrogen-bond donors (Lipinski definition) is 1. The number of nitrogens with one attached hydrogen (secondary N) is 1. The third kappa shape index (κ3) is 3.65. The Morgan fingerprint density at radius 2 is 1.83 bits per heavy atom. The maximum Gasteiger partial charge on any atom is 0.209 e. The molecule has 94 valence electrons. The van der Waals surface area contributed by atoms with Crippen molar-refractivity contribution in [2.24, 2.45) is 0 Å². The quantitative estimate of drug-likeness (QED) is 0.914. The molecule has 0 saturated heterocycles. The molecule has 1 N–H and O–H groups in total. The molecule has 0 aliphatic rings. The standard InChI is InChI=1S/C13H14N2O2S/c1-18(16,17)15-10-11-5-7-12(8-6-11)13-4-2-3-9-14-13/h2-9,15H,10H2,1H3. The highest BCUT2D eigenvalue weighted by molar-refractivity contribution is 7.88. The van der Waals surface area contributed by atoms with Crippen LogP contribution >= 0.6 is 0 Å². The van der Waals surface area contributed by atoms with Gasteiger partial charge in [0.15, 0.2) is 0 Å². The monoisotopic (exact) mass is 262 g/mol. The van der Waals surface area contributed by atoms with Gasteiger partial charge in [-0.2, -0.15) is 0 Å². The zero-order valence-electron chi connectivity index (χ0n) is 10.00. The number of benzene rings is 1. The molecule has 0 radical (unpaired) electrons. The molecule has 1 heterocycles. The first-order valence-electron chi connectivity index (χ1n) is 5.49. The van der Waals surface area contributed by atoms with E-state index in [4.69, 9.17) is 0 Å². The first-order chi connectivity index (χ1) is 8.54. The van der Waals surface area contributed by atoms with Gasteiger partial charge >= 0.3 is 0 Å². The highest BCUT2D eigenvalue weighted by atomic mass is 32.2. The molecule has 0 atom stereocenters. The number of pyridine rings is 1. The summed E-state index contributed by atoms with van der Waals surface area (Å²) in [7, 11) is -3.15. The predicted octanol–water partition coefficient (Wildman–Crippen LogP) is 1.80. The minimum absolute atomic E-state index is 0.307. The van der Waals surface area contributed by atoms with Crippen molar-refractivity contribution in [1.29, 1.82) is 0 Å². The minimum Gasteiger partial charge on any atom is -0.256 e. The molecule has 0 aliphatic carbocycles.